The number of benzene rings is 3. The SMILES string of the molecule is C=C(C)Cn1c(SC(C)C(=O)N(c2ccccc2)c2ccccc2)nc2c(c1=O)C1(CCCCC1)Cc1ccccc1-2. The Morgan fingerprint density at radius 3 is 2.17 bits per heavy atom. The quantitative estimate of drug-likeness (QED) is 0.127. The second-order valence-corrected chi connectivity index (χ2v) is 13.1. The summed E-state index contributed by atoms with van der Waals surface area (Å²) in [5.74, 6) is -0.0737. The largest absolute Gasteiger partial charge is 0.283 e. The van der Waals surface area contributed by atoms with Gasteiger partial charge in [-0.2, -0.15) is 0 Å². The third-order valence-corrected chi connectivity index (χ3v) is 9.66. The van der Waals surface area contributed by atoms with Crippen LogP contribution in [0, 0.1) is 0 Å². The van der Waals surface area contributed by atoms with E-state index in [0.717, 1.165) is 65.9 Å². The van der Waals surface area contributed by atoms with Crippen molar-refractivity contribution in [2.24, 2.45) is 0 Å². The summed E-state index contributed by atoms with van der Waals surface area (Å²) in [4.78, 5) is 35.7. The van der Waals surface area contributed by atoms with Crippen molar-refractivity contribution < 1.29 is 4.79 Å². The second kappa shape index (κ2) is 11.8. The van der Waals surface area contributed by atoms with Crippen LogP contribution in [-0.2, 0) is 23.2 Å². The van der Waals surface area contributed by atoms with Gasteiger partial charge in [0.1, 0.15) is 0 Å². The number of carbonyl (C=O) groups is 1. The number of nitrogens with zero attached hydrogens (tertiary/aromatic N) is 3. The van der Waals surface area contributed by atoms with E-state index in [4.69, 9.17) is 4.98 Å². The van der Waals surface area contributed by atoms with Crippen molar-refractivity contribution in [1.29, 1.82) is 0 Å². The molecule has 1 atom stereocenters. The molecule has 0 aliphatic heterocycles. The summed E-state index contributed by atoms with van der Waals surface area (Å²) in [6.07, 6.45) is 6.34. The summed E-state index contributed by atoms with van der Waals surface area (Å²) >= 11 is 1.35. The number of allylic oxidation sites excluding steroid dienone is 1. The molecule has 2 aliphatic carbocycles. The fourth-order valence-electron chi connectivity index (χ4n) is 6.67. The number of para-hydroxylation sites is 2. The van der Waals surface area contributed by atoms with E-state index in [1.54, 1.807) is 9.47 Å². The van der Waals surface area contributed by atoms with Crippen molar-refractivity contribution in [3.05, 3.63) is 119 Å². The van der Waals surface area contributed by atoms with Gasteiger partial charge in [0.25, 0.3) is 5.56 Å². The lowest BCUT2D eigenvalue weighted by molar-refractivity contribution is -0.117. The molecule has 214 valence electrons. The van der Waals surface area contributed by atoms with Crippen LogP contribution in [0.5, 0.6) is 0 Å². The van der Waals surface area contributed by atoms with Gasteiger partial charge in [-0.05, 0) is 62.9 Å². The van der Waals surface area contributed by atoms with Crippen LogP contribution in [0.15, 0.2) is 107 Å². The molecule has 0 bridgehead atoms. The number of fused-ring (bicyclic) bond motifs is 4. The molecular formula is C36H37N3O2S. The van der Waals surface area contributed by atoms with Crippen molar-refractivity contribution in [2.45, 2.75) is 74.7 Å². The Morgan fingerprint density at radius 2 is 1.55 bits per heavy atom. The van der Waals surface area contributed by atoms with Crippen LogP contribution in [0.3, 0.4) is 0 Å². The van der Waals surface area contributed by atoms with Gasteiger partial charge in [-0.15, -0.1) is 0 Å². The summed E-state index contributed by atoms with van der Waals surface area (Å²) in [5.41, 5.74) is 6.26. The summed E-state index contributed by atoms with van der Waals surface area (Å²) < 4.78 is 1.77. The van der Waals surface area contributed by atoms with Crippen molar-refractivity contribution in [2.75, 3.05) is 4.90 Å². The number of aromatic nitrogens is 2. The summed E-state index contributed by atoms with van der Waals surface area (Å²) in [6.45, 7) is 8.35. The molecule has 3 aromatic carbocycles. The van der Waals surface area contributed by atoms with Gasteiger partial charge in [0.15, 0.2) is 5.16 Å². The van der Waals surface area contributed by atoms with E-state index in [2.05, 4.69) is 24.8 Å². The highest BCUT2D eigenvalue weighted by atomic mass is 32.2. The highest BCUT2D eigenvalue weighted by Gasteiger charge is 2.43. The van der Waals surface area contributed by atoms with Crippen LogP contribution in [-0.4, -0.2) is 20.7 Å². The first-order chi connectivity index (χ1) is 20.4. The zero-order chi connectivity index (χ0) is 29.3. The lowest BCUT2D eigenvalue weighted by Gasteiger charge is -2.42. The standard InChI is InChI=1S/C36H37N3O2S/c1-25(2)24-38-34(41)31-32(30-20-12-11-15-27(30)23-36(31)21-13-6-14-22-36)37-35(38)42-26(3)33(40)39(28-16-7-4-8-17-28)29-18-9-5-10-19-29/h4-5,7-12,15-20,26H,1,6,13-14,21-24H2,2-3H3. The van der Waals surface area contributed by atoms with Gasteiger partial charge in [0, 0.05) is 28.9 Å². The molecule has 1 spiro atoms. The van der Waals surface area contributed by atoms with Gasteiger partial charge in [0.2, 0.25) is 5.91 Å². The van der Waals surface area contributed by atoms with Crippen molar-refractivity contribution >= 4 is 29.0 Å². The van der Waals surface area contributed by atoms with Gasteiger partial charge in [-0.1, -0.05) is 104 Å². The average molecular weight is 576 g/mol. The molecule has 5 nitrogen and oxygen atoms in total. The molecule has 1 saturated carbocycles. The molecule has 1 aromatic heterocycles. The van der Waals surface area contributed by atoms with E-state index in [9.17, 15) is 9.59 Å². The normalized spacial score (nSPS) is 15.9. The molecule has 1 unspecified atom stereocenters. The smallest absolute Gasteiger partial charge is 0.258 e. The van der Waals surface area contributed by atoms with Gasteiger partial charge in [-0.25, -0.2) is 4.98 Å². The lowest BCUT2D eigenvalue weighted by atomic mass is 9.62. The van der Waals surface area contributed by atoms with Crippen LogP contribution in [0.25, 0.3) is 11.3 Å². The Labute approximate surface area is 252 Å². The monoisotopic (exact) mass is 575 g/mol. The van der Waals surface area contributed by atoms with Gasteiger partial charge >= 0.3 is 0 Å². The van der Waals surface area contributed by atoms with Crippen molar-refractivity contribution in [1.82, 2.24) is 9.55 Å². The molecule has 0 N–H and O–H groups in total. The van der Waals surface area contributed by atoms with Crippen molar-refractivity contribution in [3.8, 4) is 11.3 Å². The predicted octanol–water partition coefficient (Wildman–Crippen LogP) is 8.09. The fraction of sp³-hybridized carbons (Fsp3) is 0.306. The number of hydrogen-bond donors (Lipinski definition) is 0. The minimum atomic E-state index is -0.505. The lowest BCUT2D eigenvalue weighted by Crippen LogP contribution is -2.43. The molecule has 4 aromatic rings. The highest BCUT2D eigenvalue weighted by Crippen LogP contribution is 2.49. The number of amides is 1. The van der Waals surface area contributed by atoms with Crippen LogP contribution in [0.4, 0.5) is 11.4 Å². The molecule has 1 amide bonds. The first-order valence-electron chi connectivity index (χ1n) is 14.9. The predicted molar refractivity (Wildman–Crippen MR) is 173 cm³/mol. The summed E-state index contributed by atoms with van der Waals surface area (Å²) in [6, 6.07) is 27.8. The van der Waals surface area contributed by atoms with E-state index in [1.807, 2.05) is 80.6 Å². The summed E-state index contributed by atoms with van der Waals surface area (Å²) in [5, 5.41) is 0.0561. The van der Waals surface area contributed by atoms with E-state index in [-0.39, 0.29) is 16.9 Å². The number of anilines is 2. The van der Waals surface area contributed by atoms with E-state index in [1.165, 1.54) is 23.7 Å². The maximum Gasteiger partial charge on any atom is 0.258 e. The third kappa shape index (κ3) is 5.24. The molecule has 1 fully saturated rings. The molecular weight excluding hydrogens is 538 g/mol. The molecule has 2 aliphatic rings. The molecule has 0 radical (unpaired) electrons. The Kier molecular flexibility index (Phi) is 7.91. The molecule has 42 heavy (non-hydrogen) atoms. The minimum Gasteiger partial charge on any atom is -0.283 e. The fourth-order valence-corrected chi connectivity index (χ4v) is 7.61. The van der Waals surface area contributed by atoms with E-state index < -0.39 is 5.25 Å². The van der Waals surface area contributed by atoms with Crippen LogP contribution >= 0.6 is 11.8 Å². The third-order valence-electron chi connectivity index (χ3n) is 8.58. The minimum absolute atomic E-state index is 0.0181. The number of hydrogen-bond acceptors (Lipinski definition) is 4. The first kappa shape index (κ1) is 28.2. The number of carbonyl (C=O) groups excluding carboxylic acids is 1. The maximum absolute atomic E-state index is 14.6. The van der Waals surface area contributed by atoms with Gasteiger partial charge in [0.05, 0.1) is 16.5 Å². The highest BCUT2D eigenvalue weighted by molar-refractivity contribution is 8.00. The number of rotatable bonds is 7. The van der Waals surface area contributed by atoms with E-state index >= 15 is 0 Å². The van der Waals surface area contributed by atoms with Crippen LogP contribution in [0.1, 0.15) is 57.1 Å². The van der Waals surface area contributed by atoms with Gasteiger partial charge < -0.3 is 0 Å². The molecule has 6 heteroatoms. The molecule has 0 saturated heterocycles. The Bertz CT molecular complexity index is 1630. The Balaban J connectivity index is 1.46. The number of thioether (sulfide) groups is 1. The molecule has 1 heterocycles. The summed E-state index contributed by atoms with van der Waals surface area (Å²) in [7, 11) is 0. The van der Waals surface area contributed by atoms with E-state index in [0.29, 0.717) is 11.7 Å². The van der Waals surface area contributed by atoms with Crippen LogP contribution in [0.2, 0.25) is 0 Å². The molecule has 6 rings (SSSR count). The average Bonchev–Trinajstić information content (AvgIpc) is 3.00. The first-order valence-corrected chi connectivity index (χ1v) is 15.7. The van der Waals surface area contributed by atoms with Crippen LogP contribution < -0.4 is 10.5 Å². The topological polar surface area (TPSA) is 55.2 Å². The zero-order valence-electron chi connectivity index (χ0n) is 24.4. The maximum atomic E-state index is 14.6. The Morgan fingerprint density at radius 1 is 0.952 bits per heavy atom. The Hall–Kier alpha value is -3.90. The zero-order valence-corrected chi connectivity index (χ0v) is 25.2. The van der Waals surface area contributed by atoms with Crippen molar-refractivity contribution in [3.63, 3.8) is 0 Å². The second-order valence-electron chi connectivity index (χ2n) is 11.7. The van der Waals surface area contributed by atoms with Gasteiger partial charge in [-0.3, -0.25) is 19.1 Å².